The normalized spacial score (nSPS) is 10.4. The van der Waals surface area contributed by atoms with Crippen molar-refractivity contribution in [1.29, 1.82) is 5.26 Å². The van der Waals surface area contributed by atoms with Crippen LogP contribution in [0.25, 0.3) is 16.6 Å². The van der Waals surface area contributed by atoms with Gasteiger partial charge in [-0.1, -0.05) is 24.3 Å². The van der Waals surface area contributed by atoms with E-state index in [2.05, 4.69) is 11.2 Å². The van der Waals surface area contributed by atoms with E-state index in [1.165, 1.54) is 0 Å². The second-order valence-corrected chi connectivity index (χ2v) is 4.78. The Labute approximate surface area is 117 Å². The molecule has 0 radical (unpaired) electrons. The van der Waals surface area contributed by atoms with Gasteiger partial charge in [-0.2, -0.15) is 5.26 Å². The Kier molecular flexibility index (Phi) is 2.88. The molecule has 0 amide bonds. The molecular weight excluding hydrogens is 248 g/mol. The lowest BCUT2D eigenvalue weighted by Crippen LogP contribution is -2.10. The summed E-state index contributed by atoms with van der Waals surface area (Å²) in [7, 11) is 3.92. The number of hydrogen-bond acceptors (Lipinski definition) is 3. The Morgan fingerprint density at radius 1 is 1.10 bits per heavy atom. The zero-order valence-corrected chi connectivity index (χ0v) is 11.4. The van der Waals surface area contributed by atoms with Gasteiger partial charge in [0, 0.05) is 25.9 Å². The molecule has 0 saturated heterocycles. The summed E-state index contributed by atoms with van der Waals surface area (Å²) < 4.78 is 1.85. The maximum atomic E-state index is 9.33. The molecule has 4 heteroatoms. The van der Waals surface area contributed by atoms with Crippen molar-refractivity contribution in [2.45, 2.75) is 0 Å². The number of rotatable bonds is 2. The quantitative estimate of drug-likeness (QED) is 0.713. The summed E-state index contributed by atoms with van der Waals surface area (Å²) in [6.07, 6.45) is 1.92. The molecule has 0 fully saturated rings. The molecule has 0 atom stereocenters. The standard InChI is InChI=1S/C16H14N4/c1-19(2)16-15(13-8-4-3-7-12(13)11-17)14-9-5-6-10-20(14)18-16/h3-10H,1-2H3. The predicted molar refractivity (Wildman–Crippen MR) is 79.7 cm³/mol. The Morgan fingerprint density at radius 3 is 2.60 bits per heavy atom. The molecule has 0 N–H and O–H groups in total. The Bertz CT molecular complexity index is 809. The average molecular weight is 262 g/mol. The first-order valence-corrected chi connectivity index (χ1v) is 6.36. The minimum absolute atomic E-state index is 0.661. The van der Waals surface area contributed by atoms with Crippen LogP contribution in [0.2, 0.25) is 0 Å². The first-order chi connectivity index (χ1) is 9.72. The van der Waals surface area contributed by atoms with Crippen LogP contribution in [0.4, 0.5) is 5.82 Å². The fraction of sp³-hybridized carbons (Fsp3) is 0.125. The minimum Gasteiger partial charge on any atom is -0.361 e. The molecule has 1 aromatic carbocycles. The van der Waals surface area contributed by atoms with Crippen LogP contribution < -0.4 is 4.90 Å². The highest BCUT2D eigenvalue weighted by molar-refractivity contribution is 5.91. The zero-order valence-electron chi connectivity index (χ0n) is 11.4. The van der Waals surface area contributed by atoms with Gasteiger partial charge in [0.2, 0.25) is 0 Å². The largest absolute Gasteiger partial charge is 0.361 e. The second kappa shape index (κ2) is 4.71. The maximum absolute atomic E-state index is 9.33. The number of benzene rings is 1. The van der Waals surface area contributed by atoms with Crippen LogP contribution in [0.1, 0.15) is 5.56 Å². The molecule has 2 heterocycles. The molecule has 0 bridgehead atoms. The van der Waals surface area contributed by atoms with E-state index in [0.29, 0.717) is 5.56 Å². The van der Waals surface area contributed by atoms with E-state index in [1.807, 2.05) is 72.2 Å². The van der Waals surface area contributed by atoms with Gasteiger partial charge >= 0.3 is 0 Å². The van der Waals surface area contributed by atoms with Gasteiger partial charge in [0.15, 0.2) is 5.82 Å². The first-order valence-electron chi connectivity index (χ1n) is 6.36. The third-order valence-electron chi connectivity index (χ3n) is 3.26. The fourth-order valence-electron chi connectivity index (χ4n) is 2.36. The third-order valence-corrected chi connectivity index (χ3v) is 3.26. The van der Waals surface area contributed by atoms with E-state index in [9.17, 15) is 5.26 Å². The average Bonchev–Trinajstić information content (AvgIpc) is 2.86. The molecule has 20 heavy (non-hydrogen) atoms. The van der Waals surface area contributed by atoms with Crippen molar-refractivity contribution in [3.63, 3.8) is 0 Å². The van der Waals surface area contributed by atoms with Crippen LogP contribution in [0.15, 0.2) is 48.7 Å². The van der Waals surface area contributed by atoms with Crippen LogP contribution in [-0.2, 0) is 0 Å². The minimum atomic E-state index is 0.661. The lowest BCUT2D eigenvalue weighted by atomic mass is 10.0. The first kappa shape index (κ1) is 12.2. The molecule has 0 unspecified atom stereocenters. The van der Waals surface area contributed by atoms with Crippen molar-refractivity contribution in [1.82, 2.24) is 9.61 Å². The summed E-state index contributed by atoms with van der Waals surface area (Å²) in [5, 5.41) is 13.9. The summed E-state index contributed by atoms with van der Waals surface area (Å²) in [5.74, 6) is 0.860. The summed E-state index contributed by atoms with van der Waals surface area (Å²) in [4.78, 5) is 1.97. The van der Waals surface area contributed by atoms with Crippen molar-refractivity contribution < 1.29 is 0 Å². The Hall–Kier alpha value is -2.80. The molecular formula is C16H14N4. The van der Waals surface area contributed by atoms with Crippen molar-refractivity contribution >= 4 is 11.3 Å². The summed E-state index contributed by atoms with van der Waals surface area (Å²) in [5.41, 5.74) is 3.57. The second-order valence-electron chi connectivity index (χ2n) is 4.78. The zero-order chi connectivity index (χ0) is 14.1. The van der Waals surface area contributed by atoms with Gasteiger partial charge in [-0.05, 0) is 18.2 Å². The third kappa shape index (κ3) is 1.81. The maximum Gasteiger partial charge on any atom is 0.159 e. The molecule has 0 aliphatic carbocycles. The van der Waals surface area contributed by atoms with Gasteiger partial charge in [0.05, 0.1) is 22.7 Å². The molecule has 98 valence electrons. The molecule has 0 aliphatic rings. The van der Waals surface area contributed by atoms with Crippen LogP contribution in [0.5, 0.6) is 0 Å². The predicted octanol–water partition coefficient (Wildman–Crippen LogP) is 2.94. The number of nitrogens with zero attached hydrogens (tertiary/aromatic N) is 4. The highest BCUT2D eigenvalue weighted by atomic mass is 15.3. The van der Waals surface area contributed by atoms with Gasteiger partial charge in [0.1, 0.15) is 0 Å². The van der Waals surface area contributed by atoms with E-state index in [4.69, 9.17) is 0 Å². The van der Waals surface area contributed by atoms with Crippen LogP contribution in [-0.4, -0.2) is 23.7 Å². The number of fused-ring (bicyclic) bond motifs is 1. The van der Waals surface area contributed by atoms with E-state index in [-0.39, 0.29) is 0 Å². The molecule has 4 nitrogen and oxygen atoms in total. The summed E-state index contributed by atoms with van der Waals surface area (Å²) in [6, 6.07) is 15.8. The molecule has 3 aromatic rings. The van der Waals surface area contributed by atoms with Crippen molar-refractivity contribution in [2.75, 3.05) is 19.0 Å². The highest BCUT2D eigenvalue weighted by Crippen LogP contribution is 2.35. The van der Waals surface area contributed by atoms with E-state index >= 15 is 0 Å². The van der Waals surface area contributed by atoms with Crippen molar-refractivity contribution in [3.05, 3.63) is 54.2 Å². The van der Waals surface area contributed by atoms with E-state index < -0.39 is 0 Å². The lowest BCUT2D eigenvalue weighted by molar-refractivity contribution is 0.930. The van der Waals surface area contributed by atoms with Gasteiger partial charge < -0.3 is 4.90 Å². The molecule has 0 aliphatic heterocycles. The number of hydrogen-bond donors (Lipinski definition) is 0. The number of aromatic nitrogens is 2. The molecule has 2 aromatic heterocycles. The SMILES string of the molecule is CN(C)c1nn2ccccc2c1-c1ccccc1C#N. The van der Waals surface area contributed by atoms with Gasteiger partial charge in [-0.25, -0.2) is 4.52 Å². The van der Waals surface area contributed by atoms with Crippen LogP contribution in [0.3, 0.4) is 0 Å². The van der Waals surface area contributed by atoms with Gasteiger partial charge in [0.25, 0.3) is 0 Å². The topological polar surface area (TPSA) is 44.3 Å². The van der Waals surface area contributed by atoms with Crippen LogP contribution in [0, 0.1) is 11.3 Å². The fourth-order valence-corrected chi connectivity index (χ4v) is 2.36. The van der Waals surface area contributed by atoms with Crippen molar-refractivity contribution in [2.24, 2.45) is 0 Å². The summed E-state index contributed by atoms with van der Waals surface area (Å²) >= 11 is 0. The molecule has 0 spiro atoms. The molecule has 0 saturated carbocycles. The Balaban J connectivity index is 2.40. The Morgan fingerprint density at radius 2 is 1.85 bits per heavy atom. The van der Waals surface area contributed by atoms with Crippen molar-refractivity contribution in [3.8, 4) is 17.2 Å². The number of anilines is 1. The monoisotopic (exact) mass is 262 g/mol. The summed E-state index contributed by atoms with van der Waals surface area (Å²) in [6.45, 7) is 0. The van der Waals surface area contributed by atoms with E-state index in [1.54, 1.807) is 0 Å². The lowest BCUT2D eigenvalue weighted by Gasteiger charge is -2.12. The number of pyridine rings is 1. The smallest absolute Gasteiger partial charge is 0.159 e. The van der Waals surface area contributed by atoms with Crippen LogP contribution >= 0.6 is 0 Å². The van der Waals surface area contributed by atoms with Gasteiger partial charge in [-0.15, -0.1) is 5.10 Å². The van der Waals surface area contributed by atoms with E-state index in [0.717, 1.165) is 22.5 Å². The highest BCUT2D eigenvalue weighted by Gasteiger charge is 2.18. The number of nitriles is 1. The van der Waals surface area contributed by atoms with Gasteiger partial charge in [-0.3, -0.25) is 0 Å². The molecule has 3 rings (SSSR count).